The minimum atomic E-state index is -0.334. The van der Waals surface area contributed by atoms with E-state index in [1.165, 1.54) is 13.2 Å². The van der Waals surface area contributed by atoms with Gasteiger partial charge in [0.25, 0.3) is 5.91 Å². The summed E-state index contributed by atoms with van der Waals surface area (Å²) in [6, 6.07) is 9.61. The molecule has 0 fully saturated rings. The summed E-state index contributed by atoms with van der Waals surface area (Å²) in [5.74, 6) is -0.162. The van der Waals surface area contributed by atoms with Crippen LogP contribution < -0.4 is 15.4 Å². The molecule has 0 aliphatic heterocycles. The van der Waals surface area contributed by atoms with Crippen LogP contribution >= 0.6 is 23.2 Å². The van der Waals surface area contributed by atoms with Crippen molar-refractivity contribution in [3.63, 3.8) is 0 Å². The van der Waals surface area contributed by atoms with Crippen LogP contribution in [0.3, 0.4) is 0 Å². The van der Waals surface area contributed by atoms with Gasteiger partial charge in [0.15, 0.2) is 0 Å². The number of carbonyl (C=O) groups excluding carboxylic acids is 2. The molecule has 0 aromatic heterocycles. The average molecular weight is 381 g/mol. The van der Waals surface area contributed by atoms with E-state index in [0.29, 0.717) is 32.7 Å². The first-order valence-electron chi connectivity index (χ1n) is 7.57. The summed E-state index contributed by atoms with van der Waals surface area (Å²) in [5.41, 5.74) is 1.44. The monoisotopic (exact) mass is 380 g/mol. The topological polar surface area (TPSA) is 67.4 Å². The second-order valence-electron chi connectivity index (χ2n) is 5.64. The molecular weight excluding hydrogens is 363 g/mol. The quantitative estimate of drug-likeness (QED) is 0.778. The maximum absolute atomic E-state index is 12.3. The van der Waals surface area contributed by atoms with Crippen LogP contribution in [0.5, 0.6) is 5.75 Å². The smallest absolute Gasteiger partial charge is 0.255 e. The molecule has 0 saturated carbocycles. The lowest BCUT2D eigenvalue weighted by atomic mass is 10.2. The van der Waals surface area contributed by atoms with Gasteiger partial charge >= 0.3 is 0 Å². The molecule has 7 heteroatoms. The fourth-order valence-corrected chi connectivity index (χ4v) is 2.29. The minimum absolute atomic E-state index is 0.120. The molecule has 2 rings (SSSR count). The van der Waals surface area contributed by atoms with E-state index in [1.54, 1.807) is 44.2 Å². The number of ether oxygens (including phenoxy) is 1. The van der Waals surface area contributed by atoms with Gasteiger partial charge in [-0.15, -0.1) is 0 Å². The van der Waals surface area contributed by atoms with Gasteiger partial charge < -0.3 is 15.4 Å². The number of anilines is 2. The van der Waals surface area contributed by atoms with Gasteiger partial charge in [-0.25, -0.2) is 0 Å². The number of amides is 2. The number of rotatable bonds is 5. The Morgan fingerprint density at radius 2 is 1.72 bits per heavy atom. The van der Waals surface area contributed by atoms with Crippen molar-refractivity contribution in [2.24, 2.45) is 5.92 Å². The zero-order chi connectivity index (χ0) is 18.6. The number of benzene rings is 2. The summed E-state index contributed by atoms with van der Waals surface area (Å²) in [6.45, 7) is 3.60. The lowest BCUT2D eigenvalue weighted by Crippen LogP contribution is -2.18. The van der Waals surface area contributed by atoms with Gasteiger partial charge in [-0.2, -0.15) is 0 Å². The van der Waals surface area contributed by atoms with Crippen LogP contribution in [0.1, 0.15) is 24.2 Å². The molecule has 0 radical (unpaired) electrons. The molecule has 0 aliphatic rings. The summed E-state index contributed by atoms with van der Waals surface area (Å²) in [5, 5.41) is 6.21. The third-order valence-electron chi connectivity index (χ3n) is 3.42. The predicted octanol–water partition coefficient (Wildman–Crippen LogP) is 4.85. The van der Waals surface area contributed by atoms with Gasteiger partial charge in [0.05, 0.1) is 22.8 Å². The van der Waals surface area contributed by atoms with E-state index in [-0.39, 0.29) is 17.7 Å². The van der Waals surface area contributed by atoms with E-state index in [9.17, 15) is 9.59 Å². The molecule has 25 heavy (non-hydrogen) atoms. The predicted molar refractivity (Wildman–Crippen MR) is 101 cm³/mol. The first-order chi connectivity index (χ1) is 11.8. The van der Waals surface area contributed by atoms with E-state index >= 15 is 0 Å². The lowest BCUT2D eigenvalue weighted by molar-refractivity contribution is -0.118. The third kappa shape index (κ3) is 4.87. The van der Waals surface area contributed by atoms with E-state index in [0.717, 1.165) is 0 Å². The van der Waals surface area contributed by atoms with Crippen molar-refractivity contribution >= 4 is 46.4 Å². The Kier molecular flexibility index (Phi) is 6.28. The van der Waals surface area contributed by atoms with Gasteiger partial charge in [0.1, 0.15) is 5.75 Å². The Bertz CT molecular complexity index is 807. The highest BCUT2D eigenvalue weighted by atomic mass is 35.5. The fraction of sp³-hybridized carbons (Fsp3) is 0.222. The Morgan fingerprint density at radius 1 is 1.00 bits per heavy atom. The maximum Gasteiger partial charge on any atom is 0.255 e. The summed E-state index contributed by atoms with van der Waals surface area (Å²) in [6.07, 6.45) is 0. The molecule has 2 N–H and O–H groups in total. The Morgan fingerprint density at radius 3 is 2.32 bits per heavy atom. The van der Waals surface area contributed by atoms with Crippen molar-refractivity contribution in [3.05, 3.63) is 52.0 Å². The molecule has 0 spiro atoms. The van der Waals surface area contributed by atoms with Crippen molar-refractivity contribution in [3.8, 4) is 5.75 Å². The lowest BCUT2D eigenvalue weighted by Gasteiger charge is -2.14. The van der Waals surface area contributed by atoms with E-state index in [2.05, 4.69) is 10.6 Å². The number of carbonyl (C=O) groups is 2. The van der Waals surface area contributed by atoms with Crippen molar-refractivity contribution in [2.45, 2.75) is 13.8 Å². The molecule has 0 aliphatic carbocycles. The van der Waals surface area contributed by atoms with Crippen LogP contribution in [-0.4, -0.2) is 18.9 Å². The summed E-state index contributed by atoms with van der Waals surface area (Å²) >= 11 is 11.8. The van der Waals surface area contributed by atoms with Crippen molar-refractivity contribution in [1.29, 1.82) is 0 Å². The van der Waals surface area contributed by atoms with Gasteiger partial charge in [0, 0.05) is 23.2 Å². The number of halogens is 2. The summed E-state index contributed by atoms with van der Waals surface area (Å²) < 4.78 is 5.28. The Hall–Kier alpha value is -2.24. The van der Waals surface area contributed by atoms with Gasteiger partial charge in [-0.1, -0.05) is 37.0 Å². The second-order valence-corrected chi connectivity index (χ2v) is 6.46. The molecule has 2 aromatic rings. The molecule has 5 nitrogen and oxygen atoms in total. The van der Waals surface area contributed by atoms with Crippen molar-refractivity contribution < 1.29 is 14.3 Å². The molecule has 2 aromatic carbocycles. The molecule has 0 saturated heterocycles. The molecule has 0 unspecified atom stereocenters. The summed E-state index contributed by atoms with van der Waals surface area (Å²) in [7, 11) is 1.49. The highest BCUT2D eigenvalue weighted by molar-refractivity contribution is 6.42. The van der Waals surface area contributed by atoms with E-state index in [4.69, 9.17) is 27.9 Å². The van der Waals surface area contributed by atoms with E-state index < -0.39 is 0 Å². The minimum Gasteiger partial charge on any atom is -0.494 e. The first kappa shape index (κ1) is 19.1. The Labute approximate surface area is 156 Å². The van der Waals surface area contributed by atoms with Gasteiger partial charge in [-0.05, 0) is 30.3 Å². The van der Waals surface area contributed by atoms with Crippen molar-refractivity contribution in [1.82, 2.24) is 0 Å². The van der Waals surface area contributed by atoms with E-state index in [1.807, 2.05) is 0 Å². The number of methoxy groups -OCH3 is 1. The maximum atomic E-state index is 12.3. The van der Waals surface area contributed by atoms with Crippen LogP contribution in [0.2, 0.25) is 10.0 Å². The van der Waals surface area contributed by atoms with Crippen LogP contribution in [0.25, 0.3) is 0 Å². The number of hydrogen-bond acceptors (Lipinski definition) is 3. The average Bonchev–Trinajstić information content (AvgIpc) is 2.58. The standard InChI is InChI=1S/C18H18Cl2N2O3/c1-10(2)17(23)22-15-7-5-12(9-16(15)25-3)21-18(24)11-4-6-13(19)14(20)8-11/h4-10H,1-3H3,(H,21,24)(H,22,23). The zero-order valence-electron chi connectivity index (χ0n) is 14.0. The molecule has 0 bridgehead atoms. The molecule has 0 heterocycles. The third-order valence-corrected chi connectivity index (χ3v) is 4.16. The number of nitrogens with one attached hydrogen (secondary N) is 2. The normalized spacial score (nSPS) is 10.5. The summed E-state index contributed by atoms with van der Waals surface area (Å²) in [4.78, 5) is 24.1. The second kappa shape index (κ2) is 8.23. The largest absolute Gasteiger partial charge is 0.494 e. The molecule has 2 amide bonds. The highest BCUT2D eigenvalue weighted by Gasteiger charge is 2.13. The Balaban J connectivity index is 2.18. The first-order valence-corrected chi connectivity index (χ1v) is 8.32. The molecule has 132 valence electrons. The number of hydrogen-bond donors (Lipinski definition) is 2. The van der Waals surface area contributed by atoms with Crippen LogP contribution in [0.15, 0.2) is 36.4 Å². The van der Waals surface area contributed by atoms with Crippen LogP contribution in [-0.2, 0) is 4.79 Å². The molecular formula is C18H18Cl2N2O3. The van der Waals surface area contributed by atoms with Gasteiger partial charge in [-0.3, -0.25) is 9.59 Å². The SMILES string of the molecule is COc1cc(NC(=O)c2ccc(Cl)c(Cl)c2)ccc1NC(=O)C(C)C. The van der Waals surface area contributed by atoms with Crippen LogP contribution in [0, 0.1) is 5.92 Å². The highest BCUT2D eigenvalue weighted by Crippen LogP contribution is 2.29. The fourth-order valence-electron chi connectivity index (χ4n) is 1.99. The van der Waals surface area contributed by atoms with Gasteiger partial charge in [0.2, 0.25) is 5.91 Å². The molecule has 0 atom stereocenters. The zero-order valence-corrected chi connectivity index (χ0v) is 15.5. The van der Waals surface area contributed by atoms with Crippen LogP contribution in [0.4, 0.5) is 11.4 Å². The van der Waals surface area contributed by atoms with Crippen molar-refractivity contribution in [2.75, 3.05) is 17.7 Å².